The van der Waals surface area contributed by atoms with Gasteiger partial charge in [0.1, 0.15) is 0 Å². The Labute approximate surface area is 121 Å². The van der Waals surface area contributed by atoms with E-state index in [0.717, 1.165) is 11.1 Å². The van der Waals surface area contributed by atoms with E-state index >= 15 is 0 Å². The Morgan fingerprint density at radius 1 is 1.35 bits per heavy atom. The van der Waals surface area contributed by atoms with Gasteiger partial charge >= 0.3 is 5.97 Å². The zero-order chi connectivity index (χ0) is 14.5. The van der Waals surface area contributed by atoms with Crippen LogP contribution in [0.5, 0.6) is 0 Å². The molecule has 1 amide bonds. The van der Waals surface area contributed by atoms with Gasteiger partial charge in [-0.15, -0.1) is 0 Å². The molecule has 20 heavy (non-hydrogen) atoms. The minimum absolute atomic E-state index is 0.194. The molecule has 2 aromatic rings. The Balaban J connectivity index is 2.10. The number of amides is 1. The van der Waals surface area contributed by atoms with Crippen LogP contribution in [0.1, 0.15) is 22.7 Å². The first-order valence-corrected chi connectivity index (χ1v) is 7.10. The van der Waals surface area contributed by atoms with Gasteiger partial charge in [0.15, 0.2) is 6.04 Å². The topological polar surface area (TPSA) is 66.4 Å². The number of nitrogens with one attached hydrogen (secondary N) is 1. The van der Waals surface area contributed by atoms with Crippen LogP contribution in [0, 0.1) is 6.92 Å². The lowest BCUT2D eigenvalue weighted by Crippen LogP contribution is -2.34. The quantitative estimate of drug-likeness (QED) is 0.889. The van der Waals surface area contributed by atoms with Gasteiger partial charge in [0, 0.05) is 0 Å². The summed E-state index contributed by atoms with van der Waals surface area (Å²) in [7, 11) is 0. The van der Waals surface area contributed by atoms with Gasteiger partial charge in [-0.2, -0.15) is 11.3 Å². The van der Waals surface area contributed by atoms with Crippen molar-refractivity contribution in [1.82, 2.24) is 5.32 Å². The first-order chi connectivity index (χ1) is 9.56. The molecule has 1 atom stereocenters. The molecule has 0 saturated carbocycles. The van der Waals surface area contributed by atoms with Crippen molar-refractivity contribution in [3.05, 3.63) is 57.8 Å². The Morgan fingerprint density at radius 3 is 2.75 bits per heavy atom. The van der Waals surface area contributed by atoms with Gasteiger partial charge < -0.3 is 10.4 Å². The van der Waals surface area contributed by atoms with E-state index in [0.29, 0.717) is 5.56 Å². The minimum atomic E-state index is -1.06. The Hall–Kier alpha value is -2.14. The fourth-order valence-corrected chi connectivity index (χ4v) is 2.60. The number of aryl methyl sites for hydroxylation is 1. The van der Waals surface area contributed by atoms with Gasteiger partial charge in [0.05, 0.1) is 6.42 Å². The van der Waals surface area contributed by atoms with E-state index in [1.54, 1.807) is 18.2 Å². The van der Waals surface area contributed by atoms with Crippen LogP contribution >= 0.6 is 11.3 Å². The third-order valence-electron chi connectivity index (χ3n) is 2.87. The Bertz CT molecular complexity index is 607. The summed E-state index contributed by atoms with van der Waals surface area (Å²) in [5, 5.41) is 15.6. The summed E-state index contributed by atoms with van der Waals surface area (Å²) in [4.78, 5) is 23.3. The third-order valence-corrected chi connectivity index (χ3v) is 3.60. The van der Waals surface area contributed by atoms with Crippen molar-refractivity contribution in [1.29, 1.82) is 0 Å². The molecule has 104 valence electrons. The second kappa shape index (κ2) is 6.34. The molecule has 1 aromatic carbocycles. The number of hydrogen-bond donors (Lipinski definition) is 2. The summed E-state index contributed by atoms with van der Waals surface area (Å²) in [6.45, 7) is 1.88. The van der Waals surface area contributed by atoms with Crippen LogP contribution in [0.4, 0.5) is 0 Å². The van der Waals surface area contributed by atoms with Crippen molar-refractivity contribution in [2.45, 2.75) is 19.4 Å². The van der Waals surface area contributed by atoms with Crippen molar-refractivity contribution < 1.29 is 14.7 Å². The van der Waals surface area contributed by atoms with Crippen LogP contribution in [-0.4, -0.2) is 17.0 Å². The summed E-state index contributed by atoms with van der Waals surface area (Å²) in [6, 6.07) is 7.98. The molecule has 2 N–H and O–H groups in total. The summed E-state index contributed by atoms with van der Waals surface area (Å²) < 4.78 is 0. The lowest BCUT2D eigenvalue weighted by molar-refractivity contribution is -0.141. The normalized spacial score (nSPS) is 11.8. The van der Waals surface area contributed by atoms with Crippen LogP contribution in [0.25, 0.3) is 0 Å². The molecule has 0 aliphatic heterocycles. The van der Waals surface area contributed by atoms with E-state index in [9.17, 15) is 14.7 Å². The molecule has 0 aliphatic rings. The van der Waals surface area contributed by atoms with Crippen LogP contribution in [0.3, 0.4) is 0 Å². The highest BCUT2D eigenvalue weighted by atomic mass is 32.1. The highest BCUT2D eigenvalue weighted by Gasteiger charge is 2.22. The number of carbonyl (C=O) groups excluding carboxylic acids is 1. The molecule has 4 nitrogen and oxygen atoms in total. The zero-order valence-electron chi connectivity index (χ0n) is 11.0. The van der Waals surface area contributed by atoms with Gasteiger partial charge in [-0.1, -0.05) is 29.8 Å². The van der Waals surface area contributed by atoms with Crippen molar-refractivity contribution >= 4 is 23.2 Å². The molecule has 1 aromatic heterocycles. The van der Waals surface area contributed by atoms with Crippen molar-refractivity contribution in [3.8, 4) is 0 Å². The summed E-state index contributed by atoms with van der Waals surface area (Å²) in [5.74, 6) is -1.36. The monoisotopic (exact) mass is 289 g/mol. The van der Waals surface area contributed by atoms with E-state index < -0.39 is 12.0 Å². The summed E-state index contributed by atoms with van der Waals surface area (Å²) >= 11 is 1.51. The van der Waals surface area contributed by atoms with Crippen molar-refractivity contribution in [2.24, 2.45) is 0 Å². The number of carboxylic acids is 1. The fourth-order valence-electron chi connectivity index (χ4n) is 1.93. The molecule has 0 fully saturated rings. The number of rotatable bonds is 5. The first kappa shape index (κ1) is 14.3. The molecule has 0 radical (unpaired) electrons. The zero-order valence-corrected chi connectivity index (χ0v) is 11.8. The van der Waals surface area contributed by atoms with E-state index in [-0.39, 0.29) is 12.3 Å². The standard InChI is InChI=1S/C15H15NO3S/c1-10-3-2-4-12(7-10)14(15(18)19)16-13(17)8-11-5-6-20-9-11/h2-7,9,14H,8H2,1H3,(H,16,17)(H,18,19)/t14-/m1/s1. The van der Waals surface area contributed by atoms with Crippen LogP contribution in [0.15, 0.2) is 41.1 Å². The molecule has 0 unspecified atom stereocenters. The average Bonchev–Trinajstić information content (AvgIpc) is 2.88. The largest absolute Gasteiger partial charge is 0.479 e. The van der Waals surface area contributed by atoms with Gasteiger partial charge in [-0.05, 0) is 34.9 Å². The molecule has 0 spiro atoms. The molecule has 0 saturated heterocycles. The van der Waals surface area contributed by atoms with E-state index in [4.69, 9.17) is 0 Å². The number of thiophene rings is 1. The molecular formula is C15H15NO3S. The smallest absolute Gasteiger partial charge is 0.330 e. The van der Waals surface area contributed by atoms with Gasteiger partial charge in [-0.25, -0.2) is 4.79 Å². The molecule has 0 aliphatic carbocycles. The molecule has 0 bridgehead atoms. The number of aliphatic carboxylic acids is 1. The van der Waals surface area contributed by atoms with Gasteiger partial charge in [0.2, 0.25) is 5.91 Å². The van der Waals surface area contributed by atoms with E-state index in [1.807, 2.05) is 29.8 Å². The van der Waals surface area contributed by atoms with E-state index in [2.05, 4.69) is 5.32 Å². The SMILES string of the molecule is Cc1cccc([C@@H](NC(=O)Cc2ccsc2)C(=O)O)c1. The molecule has 5 heteroatoms. The van der Waals surface area contributed by atoms with E-state index in [1.165, 1.54) is 11.3 Å². The van der Waals surface area contributed by atoms with Crippen LogP contribution in [-0.2, 0) is 16.0 Å². The lowest BCUT2D eigenvalue weighted by atomic mass is 10.0. The number of hydrogen-bond acceptors (Lipinski definition) is 3. The van der Waals surface area contributed by atoms with Crippen molar-refractivity contribution in [3.63, 3.8) is 0 Å². The minimum Gasteiger partial charge on any atom is -0.479 e. The summed E-state index contributed by atoms with van der Waals surface area (Å²) in [6.07, 6.45) is 0.194. The Kier molecular flexibility index (Phi) is 4.53. The predicted molar refractivity (Wildman–Crippen MR) is 77.7 cm³/mol. The predicted octanol–water partition coefficient (Wildman–Crippen LogP) is 2.54. The van der Waals surface area contributed by atoms with Crippen LogP contribution in [0.2, 0.25) is 0 Å². The maximum atomic E-state index is 11.9. The summed E-state index contributed by atoms with van der Waals surface area (Å²) in [5.41, 5.74) is 2.43. The highest BCUT2D eigenvalue weighted by molar-refractivity contribution is 7.07. The molecular weight excluding hydrogens is 274 g/mol. The Morgan fingerprint density at radius 2 is 2.15 bits per heavy atom. The maximum absolute atomic E-state index is 11.9. The molecule has 2 rings (SSSR count). The lowest BCUT2D eigenvalue weighted by Gasteiger charge is -2.15. The molecule has 1 heterocycles. The van der Waals surface area contributed by atoms with Crippen molar-refractivity contribution in [2.75, 3.05) is 0 Å². The number of benzene rings is 1. The third kappa shape index (κ3) is 3.68. The second-order valence-corrected chi connectivity index (χ2v) is 5.34. The van der Waals surface area contributed by atoms with Gasteiger partial charge in [0.25, 0.3) is 0 Å². The number of carbonyl (C=O) groups is 2. The second-order valence-electron chi connectivity index (χ2n) is 4.56. The van der Waals surface area contributed by atoms with Crippen LogP contribution < -0.4 is 5.32 Å². The first-order valence-electron chi connectivity index (χ1n) is 6.16. The highest BCUT2D eigenvalue weighted by Crippen LogP contribution is 2.15. The van der Waals surface area contributed by atoms with Gasteiger partial charge in [-0.3, -0.25) is 4.79 Å². The number of carboxylic acid groups (broad SMARTS) is 1. The average molecular weight is 289 g/mol. The fraction of sp³-hybridized carbons (Fsp3) is 0.200. The maximum Gasteiger partial charge on any atom is 0.330 e.